The highest BCUT2D eigenvalue weighted by Crippen LogP contribution is 2.33. The Hall–Kier alpha value is -3.32. The average molecular weight is 476 g/mol. The van der Waals surface area contributed by atoms with Gasteiger partial charge in [-0.1, -0.05) is 12.1 Å². The molecule has 2 heterocycles. The molecule has 0 bridgehead atoms. The second-order valence-corrected chi connectivity index (χ2v) is 9.75. The van der Waals surface area contributed by atoms with E-state index in [1.54, 1.807) is 7.11 Å². The summed E-state index contributed by atoms with van der Waals surface area (Å²) in [4.78, 5) is 18.0. The fourth-order valence-corrected chi connectivity index (χ4v) is 4.45. The Morgan fingerprint density at radius 2 is 1.80 bits per heavy atom. The fourth-order valence-electron chi connectivity index (χ4n) is 4.45. The van der Waals surface area contributed by atoms with Crippen molar-refractivity contribution in [2.24, 2.45) is 0 Å². The number of benzene rings is 2. The largest absolute Gasteiger partial charge is 0.496 e. The van der Waals surface area contributed by atoms with Gasteiger partial charge in [0, 0.05) is 60.8 Å². The Balaban J connectivity index is 1.54. The van der Waals surface area contributed by atoms with Crippen LogP contribution in [0.5, 0.6) is 5.75 Å². The van der Waals surface area contributed by atoms with Crippen LogP contribution in [0.2, 0.25) is 0 Å². The minimum Gasteiger partial charge on any atom is -0.496 e. The molecule has 186 valence electrons. The van der Waals surface area contributed by atoms with Gasteiger partial charge in [0.25, 0.3) is 5.91 Å². The van der Waals surface area contributed by atoms with Gasteiger partial charge >= 0.3 is 0 Å². The third kappa shape index (κ3) is 5.51. The van der Waals surface area contributed by atoms with E-state index in [0.29, 0.717) is 0 Å². The van der Waals surface area contributed by atoms with Crippen LogP contribution in [0.15, 0.2) is 48.8 Å². The monoisotopic (exact) mass is 475 g/mol. The number of aromatic nitrogens is 2. The molecule has 1 aliphatic heterocycles. The van der Waals surface area contributed by atoms with Gasteiger partial charge in [-0.2, -0.15) is 5.10 Å². The van der Waals surface area contributed by atoms with Crippen molar-refractivity contribution >= 4 is 11.6 Å². The number of hydrogen-bond acceptors (Lipinski definition) is 5. The molecule has 0 radical (unpaired) electrons. The average Bonchev–Trinajstić information content (AvgIpc) is 3.35. The van der Waals surface area contributed by atoms with Crippen LogP contribution in [-0.2, 0) is 0 Å². The number of ether oxygens (including phenoxy) is 1. The van der Waals surface area contributed by atoms with E-state index in [1.807, 2.05) is 55.2 Å². The molecular weight excluding hydrogens is 438 g/mol. The Bertz CT molecular complexity index is 1180. The fraction of sp³-hybridized carbons (Fsp3) is 0.429. The van der Waals surface area contributed by atoms with E-state index in [4.69, 9.17) is 4.74 Å². The molecule has 1 saturated heterocycles. The Kier molecular flexibility index (Phi) is 7.45. The number of aryl methyl sites for hydroxylation is 1. The van der Waals surface area contributed by atoms with Gasteiger partial charge in [0.2, 0.25) is 0 Å². The summed E-state index contributed by atoms with van der Waals surface area (Å²) in [6.07, 6.45) is 3.89. The Morgan fingerprint density at radius 1 is 1.06 bits per heavy atom. The van der Waals surface area contributed by atoms with Crippen LogP contribution < -0.4 is 15.0 Å². The molecule has 0 unspecified atom stereocenters. The summed E-state index contributed by atoms with van der Waals surface area (Å²) in [6.45, 7) is 12.2. The summed E-state index contributed by atoms with van der Waals surface area (Å²) in [7, 11) is 3.82. The smallest absolute Gasteiger partial charge is 0.252 e. The predicted molar refractivity (Wildman–Crippen MR) is 141 cm³/mol. The summed E-state index contributed by atoms with van der Waals surface area (Å²) in [5.74, 6) is 0.724. The van der Waals surface area contributed by atoms with Crippen LogP contribution in [0.1, 0.15) is 54.3 Å². The number of carbonyl (C=O) groups is 1. The molecular formula is C28H37N5O2. The molecule has 1 aromatic heterocycles. The first-order valence-corrected chi connectivity index (χ1v) is 12.3. The highest BCUT2D eigenvalue weighted by Gasteiger charge is 2.19. The number of amides is 1. The molecule has 1 amide bonds. The topological polar surface area (TPSA) is 62.6 Å². The molecule has 1 N–H and O–H groups in total. The molecule has 3 aromatic rings. The summed E-state index contributed by atoms with van der Waals surface area (Å²) in [6, 6.07) is 12.4. The molecule has 35 heavy (non-hydrogen) atoms. The molecule has 4 rings (SSSR count). The van der Waals surface area contributed by atoms with E-state index >= 15 is 0 Å². The molecule has 0 spiro atoms. The molecule has 1 fully saturated rings. The zero-order chi connectivity index (χ0) is 25.1. The third-order valence-electron chi connectivity index (χ3n) is 6.85. The van der Waals surface area contributed by atoms with Crippen LogP contribution in [0.3, 0.4) is 0 Å². The van der Waals surface area contributed by atoms with Crippen molar-refractivity contribution < 1.29 is 9.53 Å². The number of nitrogens with one attached hydrogen (secondary N) is 1. The SMILES string of the molecule is COc1ccc([C@@H](C)NC(=O)c2cc(N3CCN(C)CC3)ccc2C)cc1-c1cnn(C(C)C)c1. The molecule has 2 aromatic carbocycles. The Morgan fingerprint density at radius 3 is 2.46 bits per heavy atom. The van der Waals surface area contributed by atoms with Crippen LogP contribution >= 0.6 is 0 Å². The highest BCUT2D eigenvalue weighted by atomic mass is 16.5. The van der Waals surface area contributed by atoms with E-state index in [2.05, 4.69) is 53.2 Å². The minimum absolute atomic E-state index is 0.0593. The Labute approximate surface area is 208 Å². The number of hydrogen-bond donors (Lipinski definition) is 1. The number of rotatable bonds is 7. The maximum Gasteiger partial charge on any atom is 0.252 e. The highest BCUT2D eigenvalue weighted by molar-refractivity contribution is 5.97. The van der Waals surface area contributed by atoms with Crippen molar-refractivity contribution in [3.63, 3.8) is 0 Å². The number of methoxy groups -OCH3 is 1. The van der Waals surface area contributed by atoms with Gasteiger partial charge in [-0.3, -0.25) is 9.48 Å². The summed E-state index contributed by atoms with van der Waals surface area (Å²) in [5.41, 5.74) is 5.77. The lowest BCUT2D eigenvalue weighted by molar-refractivity contribution is 0.0939. The van der Waals surface area contributed by atoms with Crippen LogP contribution in [0.25, 0.3) is 11.1 Å². The quantitative estimate of drug-likeness (QED) is 0.537. The molecule has 7 heteroatoms. The first kappa shape index (κ1) is 24.8. The number of likely N-dealkylation sites (N-methyl/N-ethyl adjacent to an activating group) is 1. The zero-order valence-corrected chi connectivity index (χ0v) is 21.7. The number of nitrogens with zero attached hydrogens (tertiary/aromatic N) is 4. The lowest BCUT2D eigenvalue weighted by atomic mass is 10.00. The van der Waals surface area contributed by atoms with Gasteiger partial charge in [0.15, 0.2) is 0 Å². The van der Waals surface area contributed by atoms with Gasteiger partial charge in [0.1, 0.15) is 5.75 Å². The molecule has 7 nitrogen and oxygen atoms in total. The summed E-state index contributed by atoms with van der Waals surface area (Å²) < 4.78 is 7.55. The first-order valence-electron chi connectivity index (χ1n) is 12.3. The standard InChI is InChI=1S/C28H37N5O2/c1-19(2)33-18-23(17-29-33)26-15-22(8-10-27(26)35-6)21(4)30-28(34)25-16-24(9-7-20(25)3)32-13-11-31(5)12-14-32/h7-10,15-19,21H,11-14H2,1-6H3,(H,30,34)/t21-/m1/s1. The minimum atomic E-state index is -0.168. The maximum absolute atomic E-state index is 13.3. The number of piperazine rings is 1. The van der Waals surface area contributed by atoms with Crippen molar-refractivity contribution in [1.82, 2.24) is 20.0 Å². The second-order valence-electron chi connectivity index (χ2n) is 9.75. The summed E-state index contributed by atoms with van der Waals surface area (Å²) >= 11 is 0. The first-order chi connectivity index (χ1) is 16.8. The van der Waals surface area contributed by atoms with Crippen LogP contribution in [0, 0.1) is 6.92 Å². The van der Waals surface area contributed by atoms with Crippen molar-refractivity contribution in [2.75, 3.05) is 45.2 Å². The maximum atomic E-state index is 13.3. The summed E-state index contributed by atoms with van der Waals surface area (Å²) in [5, 5.41) is 7.68. The normalized spacial score (nSPS) is 15.3. The second kappa shape index (κ2) is 10.5. The third-order valence-corrected chi connectivity index (χ3v) is 6.85. The van der Waals surface area contributed by atoms with Crippen molar-refractivity contribution in [3.8, 4) is 16.9 Å². The van der Waals surface area contributed by atoms with E-state index in [1.165, 1.54) is 0 Å². The van der Waals surface area contributed by atoms with Gasteiger partial charge in [-0.05, 0) is 70.1 Å². The molecule has 0 saturated carbocycles. The van der Waals surface area contributed by atoms with Gasteiger partial charge in [0.05, 0.1) is 19.3 Å². The van der Waals surface area contributed by atoms with E-state index < -0.39 is 0 Å². The van der Waals surface area contributed by atoms with Gasteiger partial charge in [-0.25, -0.2) is 0 Å². The number of anilines is 1. The lowest BCUT2D eigenvalue weighted by Gasteiger charge is -2.34. The van der Waals surface area contributed by atoms with Gasteiger partial charge in [-0.15, -0.1) is 0 Å². The van der Waals surface area contributed by atoms with E-state index in [9.17, 15) is 4.79 Å². The van der Waals surface area contributed by atoms with Crippen molar-refractivity contribution in [3.05, 3.63) is 65.5 Å². The van der Waals surface area contributed by atoms with E-state index in [0.717, 1.165) is 65.4 Å². The molecule has 1 aliphatic rings. The van der Waals surface area contributed by atoms with Crippen LogP contribution in [-0.4, -0.2) is 60.9 Å². The van der Waals surface area contributed by atoms with Crippen molar-refractivity contribution in [2.45, 2.75) is 39.8 Å². The zero-order valence-electron chi connectivity index (χ0n) is 21.7. The van der Waals surface area contributed by atoms with Crippen LogP contribution in [0.4, 0.5) is 5.69 Å². The lowest BCUT2D eigenvalue weighted by Crippen LogP contribution is -2.44. The number of carbonyl (C=O) groups excluding carboxylic acids is 1. The molecule has 1 atom stereocenters. The molecule has 0 aliphatic carbocycles. The van der Waals surface area contributed by atoms with Gasteiger partial charge < -0.3 is 19.9 Å². The van der Waals surface area contributed by atoms with E-state index in [-0.39, 0.29) is 18.0 Å². The van der Waals surface area contributed by atoms with Crippen molar-refractivity contribution in [1.29, 1.82) is 0 Å². The predicted octanol–water partition coefficient (Wildman–Crippen LogP) is 4.69.